The van der Waals surface area contributed by atoms with Crippen LogP contribution in [0.3, 0.4) is 0 Å². The molecule has 2 aromatic heterocycles. The van der Waals surface area contributed by atoms with Crippen LogP contribution in [-0.4, -0.2) is 52.2 Å². The summed E-state index contributed by atoms with van der Waals surface area (Å²) in [5.41, 5.74) is 0.622. The topological polar surface area (TPSA) is 75.4 Å². The number of piperazine rings is 1. The van der Waals surface area contributed by atoms with Crippen LogP contribution in [0.2, 0.25) is 0 Å². The van der Waals surface area contributed by atoms with Crippen molar-refractivity contribution in [2.75, 3.05) is 31.1 Å². The monoisotopic (exact) mass is 287 g/mol. The summed E-state index contributed by atoms with van der Waals surface area (Å²) in [6, 6.07) is 4.10. The maximum atomic E-state index is 12.3. The Labute approximate surface area is 122 Å². The summed E-state index contributed by atoms with van der Waals surface area (Å²) >= 11 is 0. The lowest BCUT2D eigenvalue weighted by Crippen LogP contribution is -2.49. The molecule has 7 heteroatoms. The first kappa shape index (κ1) is 13.5. The van der Waals surface area contributed by atoms with Gasteiger partial charge >= 0.3 is 6.01 Å². The van der Waals surface area contributed by atoms with E-state index in [1.807, 2.05) is 16.7 Å². The second-order valence-electron chi connectivity index (χ2n) is 4.85. The van der Waals surface area contributed by atoms with Gasteiger partial charge in [0.05, 0.1) is 5.56 Å². The number of pyridine rings is 1. The molecule has 3 rings (SSSR count). The zero-order chi connectivity index (χ0) is 14.7. The Balaban J connectivity index is 1.61. The number of rotatable bonds is 3. The van der Waals surface area contributed by atoms with Crippen molar-refractivity contribution in [1.29, 1.82) is 0 Å². The largest absolute Gasteiger partial charge is 0.408 e. The molecule has 1 aliphatic rings. The van der Waals surface area contributed by atoms with Crippen molar-refractivity contribution in [3.63, 3.8) is 0 Å². The predicted molar refractivity (Wildman–Crippen MR) is 76.0 cm³/mol. The van der Waals surface area contributed by atoms with E-state index in [0.717, 1.165) is 6.42 Å². The highest BCUT2D eigenvalue weighted by molar-refractivity contribution is 5.94. The minimum Gasteiger partial charge on any atom is -0.408 e. The highest BCUT2D eigenvalue weighted by Gasteiger charge is 2.24. The fourth-order valence-corrected chi connectivity index (χ4v) is 2.29. The van der Waals surface area contributed by atoms with Crippen LogP contribution in [0.1, 0.15) is 23.2 Å². The Bertz CT molecular complexity index is 605. The summed E-state index contributed by atoms with van der Waals surface area (Å²) in [7, 11) is 0. The van der Waals surface area contributed by atoms with Crippen molar-refractivity contribution in [3.05, 3.63) is 36.0 Å². The zero-order valence-corrected chi connectivity index (χ0v) is 11.9. The molecule has 1 aliphatic heterocycles. The lowest BCUT2D eigenvalue weighted by molar-refractivity contribution is 0.0744. The van der Waals surface area contributed by atoms with E-state index in [4.69, 9.17) is 4.42 Å². The van der Waals surface area contributed by atoms with Gasteiger partial charge in [-0.15, -0.1) is 5.10 Å². The van der Waals surface area contributed by atoms with Crippen LogP contribution in [-0.2, 0) is 6.42 Å². The number of hydrogen-bond acceptors (Lipinski definition) is 6. The maximum absolute atomic E-state index is 12.3. The van der Waals surface area contributed by atoms with E-state index in [9.17, 15) is 4.79 Å². The molecule has 0 atom stereocenters. The Kier molecular flexibility index (Phi) is 3.81. The van der Waals surface area contributed by atoms with Crippen LogP contribution in [0.25, 0.3) is 0 Å². The molecular weight excluding hydrogens is 270 g/mol. The van der Waals surface area contributed by atoms with E-state index in [0.29, 0.717) is 43.6 Å². The molecule has 0 aliphatic carbocycles. The molecule has 1 saturated heterocycles. The minimum absolute atomic E-state index is 0.0162. The quantitative estimate of drug-likeness (QED) is 0.838. The molecular formula is C14H17N5O2. The first-order chi connectivity index (χ1) is 10.3. The maximum Gasteiger partial charge on any atom is 0.318 e. The number of amides is 1. The molecule has 2 aromatic rings. The summed E-state index contributed by atoms with van der Waals surface area (Å²) in [6.45, 7) is 4.63. The molecule has 0 N–H and O–H groups in total. The van der Waals surface area contributed by atoms with E-state index in [1.54, 1.807) is 24.5 Å². The SMILES string of the molecule is CCc1nnc(N2CCN(C(=O)c3cccnc3)CC2)o1. The molecule has 1 amide bonds. The van der Waals surface area contributed by atoms with Gasteiger partial charge in [-0.3, -0.25) is 9.78 Å². The lowest BCUT2D eigenvalue weighted by atomic mass is 10.2. The van der Waals surface area contributed by atoms with Gasteiger partial charge in [-0.25, -0.2) is 0 Å². The summed E-state index contributed by atoms with van der Waals surface area (Å²) in [5, 5.41) is 8.00. The molecule has 21 heavy (non-hydrogen) atoms. The normalized spacial score (nSPS) is 15.3. The zero-order valence-electron chi connectivity index (χ0n) is 11.9. The van der Waals surface area contributed by atoms with E-state index in [2.05, 4.69) is 15.2 Å². The van der Waals surface area contributed by atoms with E-state index in [-0.39, 0.29) is 5.91 Å². The smallest absolute Gasteiger partial charge is 0.318 e. The molecule has 3 heterocycles. The third-order valence-corrected chi connectivity index (χ3v) is 3.50. The van der Waals surface area contributed by atoms with Gasteiger partial charge in [-0.05, 0) is 12.1 Å². The Morgan fingerprint density at radius 3 is 2.71 bits per heavy atom. The fourth-order valence-electron chi connectivity index (χ4n) is 2.29. The van der Waals surface area contributed by atoms with Crippen molar-refractivity contribution >= 4 is 11.9 Å². The average molecular weight is 287 g/mol. The number of anilines is 1. The molecule has 0 unspecified atom stereocenters. The molecule has 0 radical (unpaired) electrons. The number of aryl methyl sites for hydroxylation is 1. The van der Waals surface area contributed by atoms with Gasteiger partial charge in [-0.2, -0.15) is 0 Å². The van der Waals surface area contributed by atoms with E-state index >= 15 is 0 Å². The Morgan fingerprint density at radius 2 is 2.10 bits per heavy atom. The lowest BCUT2D eigenvalue weighted by Gasteiger charge is -2.33. The second-order valence-corrected chi connectivity index (χ2v) is 4.85. The van der Waals surface area contributed by atoms with Gasteiger partial charge in [0.25, 0.3) is 5.91 Å². The third-order valence-electron chi connectivity index (χ3n) is 3.50. The van der Waals surface area contributed by atoms with Crippen LogP contribution >= 0.6 is 0 Å². The number of aromatic nitrogens is 3. The number of carbonyl (C=O) groups is 1. The van der Waals surface area contributed by atoms with Gasteiger partial charge in [0.15, 0.2) is 0 Å². The van der Waals surface area contributed by atoms with Gasteiger partial charge in [0.2, 0.25) is 5.89 Å². The number of carbonyl (C=O) groups excluding carboxylic acids is 1. The minimum atomic E-state index is 0.0162. The Morgan fingerprint density at radius 1 is 1.29 bits per heavy atom. The summed E-state index contributed by atoms with van der Waals surface area (Å²) in [4.78, 5) is 20.1. The van der Waals surface area contributed by atoms with Crippen molar-refractivity contribution in [2.45, 2.75) is 13.3 Å². The van der Waals surface area contributed by atoms with Gasteiger partial charge < -0.3 is 14.2 Å². The van der Waals surface area contributed by atoms with Crippen LogP contribution in [0.5, 0.6) is 0 Å². The van der Waals surface area contributed by atoms with Crippen molar-refractivity contribution < 1.29 is 9.21 Å². The van der Waals surface area contributed by atoms with E-state index < -0.39 is 0 Å². The van der Waals surface area contributed by atoms with Gasteiger partial charge in [0.1, 0.15) is 0 Å². The standard InChI is InChI=1S/C14H17N5O2/c1-2-12-16-17-14(21-12)19-8-6-18(7-9-19)13(20)11-4-3-5-15-10-11/h3-5,10H,2,6-9H2,1H3. The molecule has 0 bridgehead atoms. The molecule has 0 saturated carbocycles. The van der Waals surface area contributed by atoms with Crippen molar-refractivity contribution in [2.24, 2.45) is 0 Å². The van der Waals surface area contributed by atoms with Crippen molar-refractivity contribution in [3.8, 4) is 0 Å². The fraction of sp³-hybridized carbons (Fsp3) is 0.429. The third kappa shape index (κ3) is 2.86. The first-order valence-electron chi connectivity index (χ1n) is 7.04. The predicted octanol–water partition coefficient (Wildman–Crippen LogP) is 0.989. The highest BCUT2D eigenvalue weighted by atomic mass is 16.4. The van der Waals surface area contributed by atoms with Gasteiger partial charge in [-0.1, -0.05) is 12.0 Å². The molecule has 110 valence electrons. The molecule has 0 spiro atoms. The highest BCUT2D eigenvalue weighted by Crippen LogP contribution is 2.16. The van der Waals surface area contributed by atoms with E-state index in [1.165, 1.54) is 0 Å². The average Bonchev–Trinajstić information content (AvgIpc) is 3.04. The number of nitrogens with zero attached hydrogens (tertiary/aromatic N) is 5. The van der Waals surface area contributed by atoms with Gasteiger partial charge in [0, 0.05) is 45.0 Å². The molecule has 7 nitrogen and oxygen atoms in total. The van der Waals surface area contributed by atoms with Crippen LogP contribution in [0.15, 0.2) is 28.9 Å². The van der Waals surface area contributed by atoms with Crippen LogP contribution in [0, 0.1) is 0 Å². The summed E-state index contributed by atoms with van der Waals surface area (Å²) in [5.74, 6) is 0.654. The number of hydrogen-bond donors (Lipinski definition) is 0. The second kappa shape index (κ2) is 5.90. The summed E-state index contributed by atoms with van der Waals surface area (Å²) < 4.78 is 5.54. The van der Waals surface area contributed by atoms with Crippen molar-refractivity contribution in [1.82, 2.24) is 20.1 Å². The molecule has 1 fully saturated rings. The summed E-state index contributed by atoms with van der Waals surface area (Å²) in [6.07, 6.45) is 3.99. The van der Waals surface area contributed by atoms with Crippen LogP contribution in [0.4, 0.5) is 6.01 Å². The first-order valence-corrected chi connectivity index (χ1v) is 7.04. The van der Waals surface area contributed by atoms with Crippen LogP contribution < -0.4 is 4.90 Å². The Hall–Kier alpha value is -2.44. The molecule has 0 aromatic carbocycles.